The molecule has 0 fully saturated rings. The Labute approximate surface area is 89.0 Å². The Morgan fingerprint density at radius 1 is 1.20 bits per heavy atom. The van der Waals surface area contributed by atoms with Crippen molar-refractivity contribution >= 4 is 0 Å². The molecule has 0 aliphatic heterocycles. The minimum atomic E-state index is -0.0161. The molecule has 1 N–H and O–H groups in total. The number of nitrogens with zero attached hydrogens (tertiary/aromatic N) is 2. The molecule has 2 rings (SSSR count). The highest BCUT2D eigenvalue weighted by Gasteiger charge is 2.01. The Hall–Kier alpha value is -1.61. The number of hydrogen-bond acceptors (Lipinski definition) is 2. The fourth-order valence-electron chi connectivity index (χ4n) is 1.67. The third kappa shape index (κ3) is 2.07. The average molecular weight is 202 g/mol. The molecule has 0 amide bonds. The molecule has 0 atom stereocenters. The standard InChI is InChI=1S/C12H14N2O/c1-9-5-10(2)7-12(6-9)14-4-3-11(8-15)13-14/h3-7,15H,8H2,1-2H3. The molecule has 0 aliphatic rings. The van der Waals surface area contributed by atoms with Crippen molar-refractivity contribution in [3.63, 3.8) is 0 Å². The first-order valence-electron chi connectivity index (χ1n) is 4.93. The zero-order valence-electron chi connectivity index (χ0n) is 8.94. The molecule has 0 bridgehead atoms. The van der Waals surface area contributed by atoms with E-state index < -0.39 is 0 Å². The van der Waals surface area contributed by atoms with Gasteiger partial charge in [-0.25, -0.2) is 4.68 Å². The summed E-state index contributed by atoms with van der Waals surface area (Å²) >= 11 is 0. The number of aryl methyl sites for hydroxylation is 2. The summed E-state index contributed by atoms with van der Waals surface area (Å²) in [6, 6.07) is 8.08. The van der Waals surface area contributed by atoms with Crippen LogP contribution in [0.2, 0.25) is 0 Å². The molecule has 78 valence electrons. The van der Waals surface area contributed by atoms with Gasteiger partial charge in [0.25, 0.3) is 0 Å². The van der Waals surface area contributed by atoms with Crippen LogP contribution in [-0.2, 0) is 6.61 Å². The third-order valence-corrected chi connectivity index (χ3v) is 2.28. The van der Waals surface area contributed by atoms with Crippen molar-refractivity contribution in [3.8, 4) is 5.69 Å². The van der Waals surface area contributed by atoms with Crippen molar-refractivity contribution in [3.05, 3.63) is 47.3 Å². The van der Waals surface area contributed by atoms with Gasteiger partial charge in [0.1, 0.15) is 0 Å². The molecule has 0 aliphatic carbocycles. The van der Waals surface area contributed by atoms with Crippen LogP contribution in [0.3, 0.4) is 0 Å². The second-order valence-electron chi connectivity index (χ2n) is 3.76. The maximum absolute atomic E-state index is 8.93. The normalized spacial score (nSPS) is 10.6. The van der Waals surface area contributed by atoms with Crippen LogP contribution in [0.15, 0.2) is 30.5 Å². The van der Waals surface area contributed by atoms with Gasteiger partial charge < -0.3 is 5.11 Å². The smallest absolute Gasteiger partial charge is 0.0883 e. The van der Waals surface area contributed by atoms with E-state index in [0.29, 0.717) is 5.69 Å². The summed E-state index contributed by atoms with van der Waals surface area (Å²) < 4.78 is 1.78. The third-order valence-electron chi connectivity index (χ3n) is 2.28. The summed E-state index contributed by atoms with van der Waals surface area (Å²) in [5, 5.41) is 13.2. The molecule has 0 saturated heterocycles. The lowest BCUT2D eigenvalue weighted by Gasteiger charge is -2.04. The van der Waals surface area contributed by atoms with Crippen molar-refractivity contribution in [2.24, 2.45) is 0 Å². The van der Waals surface area contributed by atoms with E-state index >= 15 is 0 Å². The first kappa shape index (κ1) is 9.93. The van der Waals surface area contributed by atoms with Crippen LogP contribution in [0.4, 0.5) is 0 Å². The molecule has 0 unspecified atom stereocenters. The number of hydrogen-bond donors (Lipinski definition) is 1. The van der Waals surface area contributed by atoms with Gasteiger partial charge in [-0.3, -0.25) is 0 Å². The molecular formula is C12H14N2O. The molecule has 1 heterocycles. The maximum Gasteiger partial charge on any atom is 0.0883 e. The van der Waals surface area contributed by atoms with Crippen LogP contribution in [0, 0.1) is 13.8 Å². The average Bonchev–Trinajstić information content (AvgIpc) is 2.64. The summed E-state index contributed by atoms with van der Waals surface area (Å²) in [7, 11) is 0. The topological polar surface area (TPSA) is 38.0 Å². The van der Waals surface area contributed by atoms with Gasteiger partial charge in [0.05, 0.1) is 18.0 Å². The van der Waals surface area contributed by atoms with Crippen molar-refractivity contribution in [2.45, 2.75) is 20.5 Å². The predicted molar refractivity (Wildman–Crippen MR) is 59.0 cm³/mol. The fourth-order valence-corrected chi connectivity index (χ4v) is 1.67. The molecule has 0 saturated carbocycles. The highest BCUT2D eigenvalue weighted by atomic mass is 16.3. The van der Waals surface area contributed by atoms with Gasteiger partial charge in [-0.2, -0.15) is 5.10 Å². The quantitative estimate of drug-likeness (QED) is 0.808. The van der Waals surface area contributed by atoms with Gasteiger partial charge in [-0.05, 0) is 43.2 Å². The first-order valence-corrected chi connectivity index (χ1v) is 4.93. The van der Waals surface area contributed by atoms with Gasteiger partial charge in [0, 0.05) is 6.20 Å². The van der Waals surface area contributed by atoms with E-state index in [9.17, 15) is 0 Å². The number of benzene rings is 1. The second-order valence-corrected chi connectivity index (χ2v) is 3.76. The lowest BCUT2D eigenvalue weighted by Crippen LogP contribution is -1.97. The van der Waals surface area contributed by atoms with Crippen LogP contribution >= 0.6 is 0 Å². The highest BCUT2D eigenvalue weighted by Crippen LogP contribution is 2.13. The zero-order valence-corrected chi connectivity index (χ0v) is 8.94. The molecule has 15 heavy (non-hydrogen) atoms. The van der Waals surface area contributed by atoms with Gasteiger partial charge in [0.2, 0.25) is 0 Å². The molecule has 1 aromatic carbocycles. The molecule has 3 heteroatoms. The highest BCUT2D eigenvalue weighted by molar-refractivity contribution is 5.38. The SMILES string of the molecule is Cc1cc(C)cc(-n2ccc(CO)n2)c1. The van der Waals surface area contributed by atoms with E-state index in [2.05, 4.69) is 37.1 Å². The number of aliphatic hydroxyl groups excluding tert-OH is 1. The Morgan fingerprint density at radius 3 is 2.40 bits per heavy atom. The lowest BCUT2D eigenvalue weighted by molar-refractivity contribution is 0.276. The largest absolute Gasteiger partial charge is 0.390 e. The Bertz CT molecular complexity index is 454. The Kier molecular flexibility index (Phi) is 2.56. The zero-order chi connectivity index (χ0) is 10.8. The van der Waals surface area contributed by atoms with Crippen molar-refractivity contribution in [2.75, 3.05) is 0 Å². The summed E-state index contributed by atoms with van der Waals surface area (Å²) in [6.07, 6.45) is 1.86. The summed E-state index contributed by atoms with van der Waals surface area (Å²) in [6.45, 7) is 4.11. The van der Waals surface area contributed by atoms with Crippen molar-refractivity contribution in [1.29, 1.82) is 0 Å². The molecule has 3 nitrogen and oxygen atoms in total. The maximum atomic E-state index is 8.93. The number of rotatable bonds is 2. The molecule has 0 radical (unpaired) electrons. The summed E-state index contributed by atoms with van der Waals surface area (Å²) in [5.74, 6) is 0. The minimum Gasteiger partial charge on any atom is -0.390 e. The number of aromatic nitrogens is 2. The van der Waals surface area contributed by atoms with Crippen LogP contribution < -0.4 is 0 Å². The van der Waals surface area contributed by atoms with Crippen LogP contribution in [0.5, 0.6) is 0 Å². The minimum absolute atomic E-state index is 0.0161. The summed E-state index contributed by atoms with van der Waals surface area (Å²) in [4.78, 5) is 0. The fraction of sp³-hybridized carbons (Fsp3) is 0.250. The lowest BCUT2D eigenvalue weighted by atomic mass is 10.1. The van der Waals surface area contributed by atoms with Crippen LogP contribution in [0.25, 0.3) is 5.69 Å². The van der Waals surface area contributed by atoms with E-state index in [0.717, 1.165) is 5.69 Å². The number of aliphatic hydroxyl groups is 1. The van der Waals surface area contributed by atoms with Gasteiger partial charge in [-0.15, -0.1) is 0 Å². The monoisotopic (exact) mass is 202 g/mol. The van der Waals surface area contributed by atoms with E-state index in [1.807, 2.05) is 12.3 Å². The van der Waals surface area contributed by atoms with E-state index in [-0.39, 0.29) is 6.61 Å². The molecule has 0 spiro atoms. The first-order chi connectivity index (χ1) is 7.19. The molecular weight excluding hydrogens is 188 g/mol. The summed E-state index contributed by atoms with van der Waals surface area (Å²) in [5.41, 5.74) is 4.15. The second kappa shape index (κ2) is 3.87. The van der Waals surface area contributed by atoms with Gasteiger partial charge in [0.15, 0.2) is 0 Å². The van der Waals surface area contributed by atoms with E-state index in [4.69, 9.17) is 5.11 Å². The van der Waals surface area contributed by atoms with Crippen LogP contribution in [-0.4, -0.2) is 14.9 Å². The van der Waals surface area contributed by atoms with Crippen molar-refractivity contribution < 1.29 is 5.11 Å². The van der Waals surface area contributed by atoms with E-state index in [1.165, 1.54) is 11.1 Å². The van der Waals surface area contributed by atoms with Crippen molar-refractivity contribution in [1.82, 2.24) is 9.78 Å². The predicted octanol–water partition coefficient (Wildman–Crippen LogP) is 1.98. The van der Waals surface area contributed by atoms with E-state index in [1.54, 1.807) is 4.68 Å². The molecule has 1 aromatic heterocycles. The molecule has 2 aromatic rings. The Morgan fingerprint density at radius 2 is 1.87 bits per heavy atom. The van der Waals surface area contributed by atoms with Gasteiger partial charge in [-0.1, -0.05) is 6.07 Å². The van der Waals surface area contributed by atoms with Gasteiger partial charge >= 0.3 is 0 Å². The Balaban J connectivity index is 2.44. The van der Waals surface area contributed by atoms with Crippen LogP contribution in [0.1, 0.15) is 16.8 Å².